The first-order valence-corrected chi connectivity index (χ1v) is 23.4. The van der Waals surface area contributed by atoms with E-state index in [4.69, 9.17) is 31.2 Å². The normalized spacial score (nSPS) is 13.0. The summed E-state index contributed by atoms with van der Waals surface area (Å²) in [5.41, 5.74) is 7.25. The number of hydrogen-bond donors (Lipinski definition) is 5. The molecule has 68 heavy (non-hydrogen) atoms. The van der Waals surface area contributed by atoms with Gasteiger partial charge in [-0.15, -0.1) is 21.5 Å². The number of carboxylic acid groups (broad SMARTS) is 1. The minimum atomic E-state index is -0.540. The number of hydrogen-bond acceptors (Lipinski definition) is 12. The number of H-pyrrole nitrogens is 1. The van der Waals surface area contributed by atoms with Crippen LogP contribution in [0, 0.1) is 20.8 Å². The molecule has 1 aliphatic heterocycles. The second kappa shape index (κ2) is 21.7. The molecule has 0 saturated carbocycles. The fourth-order valence-corrected chi connectivity index (χ4v) is 9.40. The fraction of sp³-hybridized carbons (Fsp3) is 0.300. The summed E-state index contributed by atoms with van der Waals surface area (Å²) >= 11 is 7.93. The molecular formula is C50H54ClN9O7S. The summed E-state index contributed by atoms with van der Waals surface area (Å²) in [5.74, 6) is 2.08. The highest BCUT2D eigenvalue weighted by molar-refractivity contribution is 7.15. The lowest BCUT2D eigenvalue weighted by Gasteiger charge is -2.21. The summed E-state index contributed by atoms with van der Waals surface area (Å²) in [6, 6.07) is 25.8. The van der Waals surface area contributed by atoms with Gasteiger partial charge in [-0.25, -0.2) is 14.5 Å². The van der Waals surface area contributed by atoms with Crippen molar-refractivity contribution in [1.29, 1.82) is 0 Å². The molecular weight excluding hydrogens is 906 g/mol. The lowest BCUT2D eigenvalue weighted by Crippen LogP contribution is -2.27. The number of ether oxygens (including phenoxy) is 1. The average molecular weight is 961 g/mol. The van der Waals surface area contributed by atoms with E-state index in [-0.39, 0.29) is 42.0 Å². The Labute approximate surface area is 402 Å². The molecule has 354 valence electrons. The van der Waals surface area contributed by atoms with Crippen LogP contribution in [-0.4, -0.2) is 87.5 Å². The van der Waals surface area contributed by atoms with Gasteiger partial charge in [-0.3, -0.25) is 24.0 Å². The summed E-state index contributed by atoms with van der Waals surface area (Å²) in [6.45, 7) is 15.0. The third-order valence-corrected chi connectivity index (χ3v) is 13.2. The van der Waals surface area contributed by atoms with Crippen LogP contribution in [0.3, 0.4) is 0 Å². The maximum atomic E-state index is 13.4. The van der Waals surface area contributed by atoms with Gasteiger partial charge in [0.05, 0.1) is 30.0 Å². The van der Waals surface area contributed by atoms with E-state index in [0.717, 1.165) is 63.2 Å². The number of carbonyl (C=O) groups excluding carboxylic acids is 1. The number of thiophene rings is 1. The minimum absolute atomic E-state index is 0.00294. The molecule has 1 amide bonds. The Morgan fingerprint density at radius 1 is 0.956 bits per heavy atom. The van der Waals surface area contributed by atoms with Crippen molar-refractivity contribution in [3.63, 3.8) is 0 Å². The molecule has 16 nitrogen and oxygen atoms in total. The topological polar surface area (TPSA) is 213 Å². The van der Waals surface area contributed by atoms with E-state index in [0.29, 0.717) is 53.8 Å². The van der Waals surface area contributed by atoms with E-state index >= 15 is 0 Å². The number of phenolic OH excluding ortho intramolecular Hbond substituents is 2. The number of phenols is 2. The largest absolute Gasteiger partial charge is 0.508 e. The number of aliphatic imine (C=N–C) groups is 1. The Morgan fingerprint density at radius 2 is 1.62 bits per heavy atom. The third-order valence-electron chi connectivity index (χ3n) is 11.7. The summed E-state index contributed by atoms with van der Waals surface area (Å²) in [7, 11) is 0. The smallest absolute Gasteiger partial charge is 0.348 e. The van der Waals surface area contributed by atoms with Gasteiger partial charge in [0.2, 0.25) is 5.91 Å². The first kappa shape index (κ1) is 48.8. The molecule has 5 N–H and O–H groups in total. The molecule has 0 aliphatic carbocycles. The van der Waals surface area contributed by atoms with Crippen molar-refractivity contribution in [3.05, 3.63) is 150 Å². The highest BCUT2D eigenvalue weighted by Gasteiger charge is 2.32. The van der Waals surface area contributed by atoms with Crippen molar-refractivity contribution in [2.45, 2.75) is 79.4 Å². The second-order valence-corrected chi connectivity index (χ2v) is 18.3. The van der Waals surface area contributed by atoms with Gasteiger partial charge in [0, 0.05) is 46.7 Å². The molecule has 0 radical (unpaired) electrons. The minimum Gasteiger partial charge on any atom is -0.508 e. The van der Waals surface area contributed by atoms with Crippen molar-refractivity contribution in [2.24, 2.45) is 4.99 Å². The third kappa shape index (κ3) is 10.9. The quantitative estimate of drug-likeness (QED) is 0.0457. The summed E-state index contributed by atoms with van der Waals surface area (Å²) in [4.78, 5) is 43.4. The average Bonchev–Trinajstić information content (AvgIpc) is 3.95. The number of rotatable bonds is 16. The number of benzene rings is 4. The van der Waals surface area contributed by atoms with E-state index in [9.17, 15) is 19.8 Å². The molecule has 0 fully saturated rings. The van der Waals surface area contributed by atoms with Crippen LogP contribution in [0.1, 0.15) is 95.5 Å². The molecule has 0 spiro atoms. The zero-order valence-electron chi connectivity index (χ0n) is 38.7. The molecule has 1 aliphatic rings. The predicted molar refractivity (Wildman–Crippen MR) is 263 cm³/mol. The Bertz CT molecular complexity index is 2980. The van der Waals surface area contributed by atoms with Crippen LogP contribution in [0.25, 0.3) is 22.1 Å². The first-order valence-electron chi connectivity index (χ1n) is 22.2. The zero-order valence-corrected chi connectivity index (χ0v) is 40.2. The van der Waals surface area contributed by atoms with Crippen LogP contribution in [0.5, 0.6) is 17.2 Å². The van der Waals surface area contributed by atoms with Crippen LogP contribution in [-0.2, 0) is 22.7 Å². The number of aromatic nitrogens is 6. The Kier molecular flexibility index (Phi) is 15.6. The second-order valence-electron chi connectivity index (χ2n) is 16.7. The zero-order chi connectivity index (χ0) is 48.6. The molecule has 7 aromatic rings. The molecule has 1 atom stereocenters. The van der Waals surface area contributed by atoms with E-state index in [1.54, 1.807) is 17.4 Å². The summed E-state index contributed by atoms with van der Waals surface area (Å²) in [6.07, 6.45) is 0.741. The van der Waals surface area contributed by atoms with Crippen molar-refractivity contribution in [1.82, 2.24) is 39.7 Å². The highest BCUT2D eigenvalue weighted by atomic mass is 35.5. The summed E-state index contributed by atoms with van der Waals surface area (Å²) in [5, 5.41) is 48.2. The van der Waals surface area contributed by atoms with Crippen molar-refractivity contribution >= 4 is 41.0 Å². The van der Waals surface area contributed by atoms with E-state index in [1.807, 2.05) is 86.0 Å². The van der Waals surface area contributed by atoms with Crippen molar-refractivity contribution in [3.8, 4) is 39.3 Å². The van der Waals surface area contributed by atoms with Gasteiger partial charge in [0.1, 0.15) is 34.1 Å². The van der Waals surface area contributed by atoms with E-state index < -0.39 is 11.7 Å². The standard InChI is InChI=1S/C49H52ClN9O5S.CH2O2/c1-7-57(26-32-9-17-36(18-10-32)59-46(54-56-49(59)63)39-23-38(28(2)3)41(60)25-42(39)61)27-33-11-19-37(20-12-33)64-22-8-21-51-43(62)24-40-47-55-53-31(6)58(47)48-44(29(4)30(5)65-48)45(52-40)34-13-15-35(50)16-14-34;2-1-3/h9-20,23,25,28,40,60-61H,7-8,21-22,24,26-27H2,1-6H3,(H,51,62)(H,56,63);1H,(H,2,3)/t40-;/m0./s1. The Hall–Kier alpha value is -7.08. The fourth-order valence-electron chi connectivity index (χ4n) is 8.06. The van der Waals surface area contributed by atoms with Gasteiger partial charge in [-0.2, -0.15) is 5.10 Å². The molecule has 4 aromatic carbocycles. The Balaban J connectivity index is 0.00000222. The molecule has 18 heteroatoms. The van der Waals surface area contributed by atoms with Crippen molar-refractivity contribution < 1.29 is 29.6 Å². The number of carbonyl (C=O) groups is 2. The molecule has 8 rings (SSSR count). The number of nitrogens with zero attached hydrogens (tertiary/aromatic N) is 7. The lowest BCUT2D eigenvalue weighted by atomic mass is 9.98. The van der Waals surface area contributed by atoms with Gasteiger partial charge in [0.25, 0.3) is 6.47 Å². The SMILES string of the molecule is CCN(Cc1ccc(OCCCNC(=O)C[C@@H]2N=C(c3ccc(Cl)cc3)c3c(sc(C)c3C)-n3c(C)nnc32)cc1)Cc1ccc(-n2c(-c3cc(C(C)C)c(O)cc3O)n[nH]c2=O)cc1.O=CO. The van der Waals surface area contributed by atoms with Gasteiger partial charge >= 0.3 is 5.69 Å². The van der Waals surface area contributed by atoms with Crippen LogP contribution < -0.4 is 15.7 Å². The monoisotopic (exact) mass is 959 g/mol. The molecule has 0 unspecified atom stereocenters. The van der Waals surface area contributed by atoms with Gasteiger partial charge in [-0.1, -0.05) is 68.8 Å². The van der Waals surface area contributed by atoms with Crippen LogP contribution >= 0.6 is 22.9 Å². The first-order chi connectivity index (χ1) is 32.7. The van der Waals surface area contributed by atoms with E-state index in [2.05, 4.69) is 63.5 Å². The van der Waals surface area contributed by atoms with Crippen LogP contribution in [0.15, 0.2) is 94.7 Å². The van der Waals surface area contributed by atoms with Crippen LogP contribution in [0.4, 0.5) is 0 Å². The number of aromatic hydroxyl groups is 2. The molecule has 4 heterocycles. The van der Waals surface area contributed by atoms with Crippen molar-refractivity contribution in [2.75, 3.05) is 19.7 Å². The van der Waals surface area contributed by atoms with E-state index in [1.165, 1.54) is 15.5 Å². The molecule has 0 bridgehead atoms. The number of amides is 1. The highest BCUT2D eigenvalue weighted by Crippen LogP contribution is 2.40. The number of aromatic amines is 1. The molecule has 0 saturated heterocycles. The van der Waals surface area contributed by atoms with Gasteiger partial charge in [0.15, 0.2) is 11.6 Å². The number of fused-ring (bicyclic) bond motifs is 3. The maximum Gasteiger partial charge on any atom is 0.348 e. The number of halogens is 1. The maximum absolute atomic E-state index is 13.4. The number of nitrogens with one attached hydrogen (secondary N) is 2. The van der Waals surface area contributed by atoms with Gasteiger partial charge in [-0.05, 0) is 104 Å². The Morgan fingerprint density at radius 3 is 2.26 bits per heavy atom. The van der Waals surface area contributed by atoms with Gasteiger partial charge < -0.3 is 25.4 Å². The predicted octanol–water partition coefficient (Wildman–Crippen LogP) is 8.57. The molecule has 3 aromatic heterocycles. The van der Waals surface area contributed by atoms with Crippen LogP contribution in [0.2, 0.25) is 5.02 Å². The summed E-state index contributed by atoms with van der Waals surface area (Å²) < 4.78 is 9.51. The number of aryl methyl sites for hydroxylation is 2. The lowest BCUT2D eigenvalue weighted by molar-refractivity contribution is -0.123.